The van der Waals surface area contributed by atoms with Crippen molar-refractivity contribution in [1.29, 1.82) is 0 Å². The van der Waals surface area contributed by atoms with Crippen LogP contribution in [0.25, 0.3) is 0 Å². The molecule has 0 radical (unpaired) electrons. The highest BCUT2D eigenvalue weighted by atomic mass is 35.5. The predicted octanol–water partition coefficient (Wildman–Crippen LogP) is 3.08. The Bertz CT molecular complexity index is 565. The summed E-state index contributed by atoms with van der Waals surface area (Å²) in [6.07, 6.45) is 3.61. The number of carbonyl (C=O) groups is 2. The lowest BCUT2D eigenvalue weighted by molar-refractivity contribution is -0.133. The molecule has 0 aromatic heterocycles. The van der Waals surface area contributed by atoms with Crippen molar-refractivity contribution in [2.45, 2.75) is 44.8 Å². The van der Waals surface area contributed by atoms with Crippen molar-refractivity contribution < 1.29 is 14.3 Å². The SMILES string of the molecule is C[C@H]1CC[C@H](CCC(=O)N(C)CC(=O)Nc2ccccc2Cl)O1. The second-order valence-corrected chi connectivity index (χ2v) is 6.37. The molecule has 1 aliphatic heterocycles. The van der Waals surface area contributed by atoms with Gasteiger partial charge in [-0.15, -0.1) is 0 Å². The minimum atomic E-state index is -0.264. The number of likely N-dealkylation sites (N-methyl/N-ethyl adjacent to an activating group) is 1. The topological polar surface area (TPSA) is 58.6 Å². The number of rotatable bonds is 6. The third kappa shape index (κ3) is 5.52. The molecule has 2 atom stereocenters. The Kier molecular flexibility index (Phi) is 6.42. The molecule has 2 amide bonds. The summed E-state index contributed by atoms with van der Waals surface area (Å²) in [5.41, 5.74) is 0.549. The summed E-state index contributed by atoms with van der Waals surface area (Å²) in [6, 6.07) is 7.01. The summed E-state index contributed by atoms with van der Waals surface area (Å²) in [5.74, 6) is -0.317. The van der Waals surface area contributed by atoms with Gasteiger partial charge in [-0.25, -0.2) is 0 Å². The van der Waals surface area contributed by atoms with Gasteiger partial charge in [-0.2, -0.15) is 0 Å². The molecule has 1 saturated heterocycles. The number of ether oxygens (including phenoxy) is 1. The Morgan fingerprint density at radius 2 is 2.09 bits per heavy atom. The highest BCUT2D eigenvalue weighted by Gasteiger charge is 2.23. The Balaban J connectivity index is 1.74. The fourth-order valence-corrected chi connectivity index (χ4v) is 2.81. The standard InChI is InChI=1S/C17H23ClN2O3/c1-12-7-8-13(23-12)9-10-17(22)20(2)11-16(21)19-15-6-4-3-5-14(15)18/h3-6,12-13H,7-11H2,1-2H3,(H,19,21)/t12-,13+/m0/s1. The number of amides is 2. The van der Waals surface area contributed by atoms with Gasteiger partial charge in [0.2, 0.25) is 11.8 Å². The molecule has 1 N–H and O–H groups in total. The summed E-state index contributed by atoms with van der Waals surface area (Å²) >= 11 is 5.99. The highest BCUT2D eigenvalue weighted by Crippen LogP contribution is 2.23. The van der Waals surface area contributed by atoms with Gasteiger partial charge in [0.1, 0.15) is 0 Å². The lowest BCUT2D eigenvalue weighted by Gasteiger charge is -2.18. The molecule has 1 fully saturated rings. The van der Waals surface area contributed by atoms with Crippen molar-refractivity contribution >= 4 is 29.1 Å². The van der Waals surface area contributed by atoms with Gasteiger partial charge >= 0.3 is 0 Å². The number of benzene rings is 1. The summed E-state index contributed by atoms with van der Waals surface area (Å²) in [5, 5.41) is 3.18. The number of carbonyl (C=O) groups excluding carboxylic acids is 2. The van der Waals surface area contributed by atoms with Crippen LogP contribution in [0, 0.1) is 0 Å². The molecule has 2 rings (SSSR count). The lowest BCUT2D eigenvalue weighted by Crippen LogP contribution is -2.35. The molecule has 6 heteroatoms. The first-order valence-corrected chi connectivity index (χ1v) is 8.27. The average Bonchev–Trinajstić information content (AvgIpc) is 2.92. The Morgan fingerprint density at radius 3 is 2.74 bits per heavy atom. The van der Waals surface area contributed by atoms with Crippen molar-refractivity contribution in [3.63, 3.8) is 0 Å². The van der Waals surface area contributed by atoms with E-state index in [4.69, 9.17) is 16.3 Å². The molecule has 0 bridgehead atoms. The van der Waals surface area contributed by atoms with E-state index in [-0.39, 0.29) is 30.6 Å². The molecule has 0 unspecified atom stereocenters. The zero-order valence-corrected chi connectivity index (χ0v) is 14.3. The fourth-order valence-electron chi connectivity index (χ4n) is 2.63. The zero-order valence-electron chi connectivity index (χ0n) is 13.5. The minimum Gasteiger partial charge on any atom is -0.375 e. The number of para-hydroxylation sites is 1. The first-order chi connectivity index (χ1) is 11.0. The van der Waals surface area contributed by atoms with Crippen LogP contribution in [0.5, 0.6) is 0 Å². The first-order valence-electron chi connectivity index (χ1n) is 7.89. The normalized spacial score (nSPS) is 20.3. The van der Waals surface area contributed by atoms with Crippen LogP contribution in [0.2, 0.25) is 5.02 Å². The number of nitrogens with one attached hydrogen (secondary N) is 1. The summed E-state index contributed by atoms with van der Waals surface area (Å²) < 4.78 is 5.70. The Labute approximate surface area is 141 Å². The van der Waals surface area contributed by atoms with Gasteiger partial charge in [-0.05, 0) is 38.3 Å². The monoisotopic (exact) mass is 338 g/mol. The first kappa shape index (κ1) is 17.8. The third-order valence-corrected chi connectivity index (χ3v) is 4.28. The Hall–Kier alpha value is -1.59. The van der Waals surface area contributed by atoms with Crippen LogP contribution >= 0.6 is 11.6 Å². The smallest absolute Gasteiger partial charge is 0.244 e. The predicted molar refractivity (Wildman–Crippen MR) is 90.5 cm³/mol. The summed E-state index contributed by atoms with van der Waals surface area (Å²) in [6.45, 7) is 2.05. The van der Waals surface area contributed by atoms with Gasteiger partial charge in [0.25, 0.3) is 0 Å². The van der Waals surface area contributed by atoms with Crippen LogP contribution in [0.4, 0.5) is 5.69 Å². The zero-order chi connectivity index (χ0) is 16.8. The van der Waals surface area contributed by atoms with Crippen molar-refractivity contribution in [1.82, 2.24) is 4.90 Å². The van der Waals surface area contributed by atoms with Crippen LogP contribution in [-0.4, -0.2) is 42.5 Å². The number of anilines is 1. The average molecular weight is 339 g/mol. The quantitative estimate of drug-likeness (QED) is 0.867. The van der Waals surface area contributed by atoms with Gasteiger partial charge in [0.15, 0.2) is 0 Å². The lowest BCUT2D eigenvalue weighted by atomic mass is 10.1. The van der Waals surface area contributed by atoms with E-state index in [9.17, 15) is 9.59 Å². The molecule has 0 aliphatic carbocycles. The number of halogens is 1. The molecule has 0 saturated carbocycles. The maximum Gasteiger partial charge on any atom is 0.244 e. The second kappa shape index (κ2) is 8.31. The number of nitrogens with zero attached hydrogens (tertiary/aromatic N) is 1. The van der Waals surface area contributed by atoms with E-state index < -0.39 is 0 Å². The number of hydrogen-bond acceptors (Lipinski definition) is 3. The minimum absolute atomic E-state index is 0.00594. The largest absolute Gasteiger partial charge is 0.375 e. The molecule has 1 aromatic rings. The molecule has 126 valence electrons. The van der Waals surface area contributed by atoms with Gasteiger partial charge in [-0.3, -0.25) is 9.59 Å². The maximum absolute atomic E-state index is 12.1. The number of hydrogen-bond donors (Lipinski definition) is 1. The van der Waals surface area contributed by atoms with Crippen LogP contribution in [-0.2, 0) is 14.3 Å². The summed E-state index contributed by atoms with van der Waals surface area (Å²) in [4.78, 5) is 25.5. The summed E-state index contributed by atoms with van der Waals surface area (Å²) in [7, 11) is 1.63. The van der Waals surface area contributed by atoms with Gasteiger partial charge in [0.05, 0.1) is 29.5 Å². The highest BCUT2D eigenvalue weighted by molar-refractivity contribution is 6.33. The molecule has 23 heavy (non-hydrogen) atoms. The molecule has 1 aliphatic rings. The van der Waals surface area contributed by atoms with E-state index in [2.05, 4.69) is 5.32 Å². The van der Waals surface area contributed by atoms with E-state index in [0.717, 1.165) is 12.8 Å². The molecule has 0 spiro atoms. The van der Waals surface area contributed by atoms with E-state index in [1.54, 1.807) is 31.3 Å². The van der Waals surface area contributed by atoms with Gasteiger partial charge in [0, 0.05) is 13.5 Å². The van der Waals surface area contributed by atoms with Crippen LogP contribution in [0.3, 0.4) is 0 Å². The second-order valence-electron chi connectivity index (χ2n) is 5.96. The maximum atomic E-state index is 12.1. The van der Waals surface area contributed by atoms with E-state index in [1.807, 2.05) is 6.92 Å². The molecule has 5 nitrogen and oxygen atoms in total. The van der Waals surface area contributed by atoms with Crippen molar-refractivity contribution in [3.8, 4) is 0 Å². The molecule has 1 heterocycles. The van der Waals surface area contributed by atoms with Crippen molar-refractivity contribution in [2.24, 2.45) is 0 Å². The molecular formula is C17H23ClN2O3. The molecular weight excluding hydrogens is 316 g/mol. The van der Waals surface area contributed by atoms with Crippen LogP contribution in [0.1, 0.15) is 32.6 Å². The fraction of sp³-hybridized carbons (Fsp3) is 0.529. The van der Waals surface area contributed by atoms with E-state index in [1.165, 1.54) is 4.90 Å². The van der Waals surface area contributed by atoms with Gasteiger partial charge < -0.3 is 15.0 Å². The third-order valence-electron chi connectivity index (χ3n) is 3.95. The van der Waals surface area contributed by atoms with Crippen LogP contribution < -0.4 is 5.32 Å². The van der Waals surface area contributed by atoms with E-state index in [0.29, 0.717) is 23.6 Å². The van der Waals surface area contributed by atoms with Crippen LogP contribution in [0.15, 0.2) is 24.3 Å². The molecule has 1 aromatic carbocycles. The van der Waals surface area contributed by atoms with Crippen molar-refractivity contribution in [3.05, 3.63) is 29.3 Å². The van der Waals surface area contributed by atoms with Gasteiger partial charge in [-0.1, -0.05) is 23.7 Å². The Morgan fingerprint density at radius 1 is 1.35 bits per heavy atom. The van der Waals surface area contributed by atoms with Crippen molar-refractivity contribution in [2.75, 3.05) is 18.9 Å². The van der Waals surface area contributed by atoms with E-state index >= 15 is 0 Å².